The molecule has 0 atom stereocenters. The lowest BCUT2D eigenvalue weighted by Gasteiger charge is -2.34. The van der Waals surface area contributed by atoms with Crippen molar-refractivity contribution in [3.63, 3.8) is 0 Å². The number of likely N-dealkylation sites (N-methyl/N-ethyl adjacent to an activating group) is 1. The van der Waals surface area contributed by atoms with E-state index >= 15 is 0 Å². The lowest BCUT2D eigenvalue weighted by molar-refractivity contribution is 0.311. The van der Waals surface area contributed by atoms with E-state index in [1.54, 1.807) is 12.3 Å². The summed E-state index contributed by atoms with van der Waals surface area (Å²) in [5, 5.41) is 3.36. The Morgan fingerprint density at radius 1 is 0.970 bits per heavy atom. The topological polar surface area (TPSA) is 35.8 Å². The molecule has 2 aromatic carbocycles. The van der Waals surface area contributed by atoms with E-state index in [9.17, 15) is 4.39 Å². The average Bonchev–Trinajstić information content (AvgIpc) is 3.32. The first kappa shape index (κ1) is 21.2. The number of hydrogen-bond donors (Lipinski definition) is 1. The Kier molecular flexibility index (Phi) is 5.84. The zero-order valence-corrected chi connectivity index (χ0v) is 19.0. The third-order valence-electron chi connectivity index (χ3n) is 6.19. The minimum absolute atomic E-state index is 0.207. The van der Waals surface area contributed by atoms with Crippen LogP contribution in [-0.4, -0.2) is 47.5 Å². The molecule has 4 aromatic rings. The molecular weight excluding hydrogens is 413 g/mol. The zero-order valence-electron chi connectivity index (χ0n) is 19.0. The van der Waals surface area contributed by atoms with E-state index in [4.69, 9.17) is 0 Å². The molecular formula is C27H28FN5. The summed E-state index contributed by atoms with van der Waals surface area (Å²) >= 11 is 0. The van der Waals surface area contributed by atoms with Gasteiger partial charge in [-0.2, -0.15) is 0 Å². The minimum Gasteiger partial charge on any atom is -0.367 e. The Morgan fingerprint density at radius 3 is 2.48 bits per heavy atom. The van der Waals surface area contributed by atoms with Crippen molar-refractivity contribution in [1.29, 1.82) is 0 Å². The number of pyridine rings is 1. The number of aromatic nitrogens is 2. The number of benzene rings is 2. The number of imidazole rings is 1. The van der Waals surface area contributed by atoms with E-state index in [0.29, 0.717) is 11.4 Å². The molecule has 0 unspecified atom stereocenters. The quantitative estimate of drug-likeness (QED) is 0.433. The van der Waals surface area contributed by atoms with Gasteiger partial charge in [0.15, 0.2) is 5.65 Å². The standard InChI is InChI=1S/C27H28FN5/c1-3-4-20-5-7-21(8-6-20)25-12-10-24(27-29-13-14-33(25)27)30-22-9-11-26(23(28)19-22)32-17-15-31(2)16-18-32/h3-14,19,30H,15-18H2,1-2H3/b4-3+. The smallest absolute Gasteiger partial charge is 0.161 e. The molecule has 5 nitrogen and oxygen atoms in total. The van der Waals surface area contributed by atoms with Crippen molar-refractivity contribution in [2.75, 3.05) is 43.4 Å². The van der Waals surface area contributed by atoms with E-state index < -0.39 is 0 Å². The van der Waals surface area contributed by atoms with Crippen molar-refractivity contribution < 1.29 is 4.39 Å². The first-order valence-corrected chi connectivity index (χ1v) is 11.3. The minimum atomic E-state index is -0.207. The number of hydrogen-bond acceptors (Lipinski definition) is 4. The summed E-state index contributed by atoms with van der Waals surface area (Å²) in [7, 11) is 2.10. The Hall–Kier alpha value is -3.64. The van der Waals surface area contributed by atoms with Crippen LogP contribution in [0.1, 0.15) is 12.5 Å². The fourth-order valence-corrected chi connectivity index (χ4v) is 4.35. The molecule has 3 heterocycles. The van der Waals surface area contributed by atoms with Crippen LogP contribution in [0.2, 0.25) is 0 Å². The lowest BCUT2D eigenvalue weighted by atomic mass is 10.1. The third kappa shape index (κ3) is 4.34. The number of anilines is 3. The number of halogens is 1. The Labute approximate surface area is 193 Å². The van der Waals surface area contributed by atoms with Crippen LogP contribution in [0.25, 0.3) is 23.0 Å². The molecule has 1 aliphatic heterocycles. The molecule has 1 fully saturated rings. The Balaban J connectivity index is 1.40. The number of allylic oxidation sites excluding steroid dienone is 1. The molecule has 5 rings (SSSR count). The largest absolute Gasteiger partial charge is 0.367 e. The van der Waals surface area contributed by atoms with E-state index in [-0.39, 0.29) is 5.82 Å². The maximum absolute atomic E-state index is 14.9. The highest BCUT2D eigenvalue weighted by Crippen LogP contribution is 2.30. The molecule has 1 aliphatic rings. The van der Waals surface area contributed by atoms with E-state index in [2.05, 4.69) is 68.0 Å². The number of rotatable bonds is 5. The highest BCUT2D eigenvalue weighted by atomic mass is 19.1. The van der Waals surface area contributed by atoms with Gasteiger partial charge in [0.1, 0.15) is 5.82 Å². The van der Waals surface area contributed by atoms with Crippen LogP contribution in [0.5, 0.6) is 0 Å². The van der Waals surface area contributed by atoms with Crippen LogP contribution in [0.4, 0.5) is 21.5 Å². The Bertz CT molecular complexity index is 1280. The molecule has 0 radical (unpaired) electrons. The molecule has 168 valence electrons. The number of nitrogens with one attached hydrogen (secondary N) is 1. The van der Waals surface area contributed by atoms with Gasteiger partial charge < -0.3 is 15.1 Å². The van der Waals surface area contributed by atoms with Crippen LogP contribution < -0.4 is 10.2 Å². The van der Waals surface area contributed by atoms with Crippen LogP contribution in [0.3, 0.4) is 0 Å². The molecule has 0 bridgehead atoms. The lowest BCUT2D eigenvalue weighted by Crippen LogP contribution is -2.44. The summed E-state index contributed by atoms with van der Waals surface area (Å²) < 4.78 is 17.0. The van der Waals surface area contributed by atoms with Crippen LogP contribution in [0.15, 0.2) is 73.1 Å². The van der Waals surface area contributed by atoms with Gasteiger partial charge in [-0.1, -0.05) is 36.4 Å². The highest BCUT2D eigenvalue weighted by molar-refractivity contribution is 5.78. The summed E-state index contributed by atoms with van der Waals surface area (Å²) in [5.74, 6) is -0.207. The summed E-state index contributed by atoms with van der Waals surface area (Å²) in [5.41, 5.74) is 6.34. The first-order chi connectivity index (χ1) is 16.1. The van der Waals surface area contributed by atoms with Gasteiger partial charge in [0, 0.05) is 44.3 Å². The van der Waals surface area contributed by atoms with Gasteiger partial charge in [-0.3, -0.25) is 4.40 Å². The van der Waals surface area contributed by atoms with Crippen LogP contribution >= 0.6 is 0 Å². The molecule has 0 amide bonds. The van der Waals surface area contributed by atoms with Crippen LogP contribution in [-0.2, 0) is 0 Å². The SMILES string of the molecule is C/C=C/c1ccc(-c2ccc(Nc3ccc(N4CCN(C)CC4)c(F)c3)c3nccn23)cc1. The normalized spacial score (nSPS) is 14.9. The molecule has 2 aromatic heterocycles. The summed E-state index contributed by atoms with van der Waals surface area (Å²) in [4.78, 5) is 8.93. The fraction of sp³-hybridized carbons (Fsp3) is 0.222. The average molecular weight is 442 g/mol. The molecule has 0 aliphatic carbocycles. The van der Waals surface area contributed by atoms with E-state index in [0.717, 1.165) is 48.8 Å². The second-order valence-corrected chi connectivity index (χ2v) is 8.46. The number of nitrogens with zero attached hydrogens (tertiary/aromatic N) is 4. The number of piperazine rings is 1. The highest BCUT2D eigenvalue weighted by Gasteiger charge is 2.18. The van der Waals surface area contributed by atoms with Crippen molar-refractivity contribution in [3.05, 3.63) is 84.4 Å². The van der Waals surface area contributed by atoms with Crippen molar-refractivity contribution >= 4 is 28.8 Å². The molecule has 0 spiro atoms. The summed E-state index contributed by atoms with van der Waals surface area (Å²) in [6.45, 7) is 5.59. The van der Waals surface area contributed by atoms with Crippen molar-refractivity contribution in [3.8, 4) is 11.3 Å². The molecule has 1 saturated heterocycles. The van der Waals surface area contributed by atoms with Crippen molar-refractivity contribution in [1.82, 2.24) is 14.3 Å². The van der Waals surface area contributed by atoms with Gasteiger partial charge in [0.25, 0.3) is 0 Å². The maximum Gasteiger partial charge on any atom is 0.161 e. The molecule has 0 saturated carbocycles. The maximum atomic E-state index is 14.9. The first-order valence-electron chi connectivity index (χ1n) is 11.3. The molecule has 33 heavy (non-hydrogen) atoms. The predicted octanol–water partition coefficient (Wildman–Crippen LogP) is 5.67. The van der Waals surface area contributed by atoms with Gasteiger partial charge >= 0.3 is 0 Å². The second kappa shape index (κ2) is 9.08. The summed E-state index contributed by atoms with van der Waals surface area (Å²) in [6, 6.07) is 17.9. The Morgan fingerprint density at radius 2 is 1.76 bits per heavy atom. The van der Waals surface area contributed by atoms with E-state index in [1.165, 1.54) is 5.56 Å². The van der Waals surface area contributed by atoms with Gasteiger partial charge in [-0.15, -0.1) is 0 Å². The van der Waals surface area contributed by atoms with E-state index in [1.807, 2.05) is 37.4 Å². The zero-order chi connectivity index (χ0) is 22.8. The van der Waals surface area contributed by atoms with Crippen LogP contribution in [0, 0.1) is 5.82 Å². The third-order valence-corrected chi connectivity index (χ3v) is 6.19. The van der Waals surface area contributed by atoms with Crippen molar-refractivity contribution in [2.45, 2.75) is 6.92 Å². The fourth-order valence-electron chi connectivity index (χ4n) is 4.35. The van der Waals surface area contributed by atoms with Gasteiger partial charge in [0.2, 0.25) is 0 Å². The predicted molar refractivity (Wildman–Crippen MR) is 135 cm³/mol. The number of fused-ring (bicyclic) bond motifs is 1. The van der Waals surface area contributed by atoms with Gasteiger partial charge in [-0.25, -0.2) is 9.37 Å². The van der Waals surface area contributed by atoms with Gasteiger partial charge in [-0.05, 0) is 55.4 Å². The second-order valence-electron chi connectivity index (χ2n) is 8.46. The van der Waals surface area contributed by atoms with Crippen molar-refractivity contribution in [2.24, 2.45) is 0 Å². The van der Waals surface area contributed by atoms with Gasteiger partial charge in [0.05, 0.1) is 17.1 Å². The monoisotopic (exact) mass is 441 g/mol. The summed E-state index contributed by atoms with van der Waals surface area (Å²) in [6.07, 6.45) is 7.85. The molecule has 6 heteroatoms. The molecule has 1 N–H and O–H groups in total.